The lowest BCUT2D eigenvalue weighted by atomic mass is 10.1. The van der Waals surface area contributed by atoms with Gasteiger partial charge in [-0.3, -0.25) is 9.59 Å². The molecule has 5 nitrogen and oxygen atoms in total. The minimum absolute atomic E-state index is 0.0643. The van der Waals surface area contributed by atoms with Gasteiger partial charge in [-0.1, -0.05) is 12.1 Å². The highest BCUT2D eigenvalue weighted by Gasteiger charge is 2.18. The number of amides is 1. The van der Waals surface area contributed by atoms with Crippen molar-refractivity contribution >= 4 is 17.4 Å². The van der Waals surface area contributed by atoms with Crippen molar-refractivity contribution in [2.75, 3.05) is 12.4 Å². The zero-order valence-corrected chi connectivity index (χ0v) is 15.2. The molecule has 0 aliphatic carbocycles. The average molecular weight is 341 g/mol. The van der Waals surface area contributed by atoms with E-state index in [2.05, 4.69) is 5.32 Å². The van der Waals surface area contributed by atoms with E-state index in [0.29, 0.717) is 17.1 Å². The van der Waals surface area contributed by atoms with E-state index < -0.39 is 6.10 Å². The van der Waals surface area contributed by atoms with Crippen molar-refractivity contribution in [3.8, 4) is 11.5 Å². The molecule has 5 heteroatoms. The molecular weight excluding hydrogens is 318 g/mol. The summed E-state index contributed by atoms with van der Waals surface area (Å²) in [6, 6.07) is 10.8. The lowest BCUT2D eigenvalue weighted by molar-refractivity contribution is -0.122. The van der Waals surface area contributed by atoms with Gasteiger partial charge in [-0.15, -0.1) is 0 Å². The van der Waals surface area contributed by atoms with Gasteiger partial charge in [-0.2, -0.15) is 0 Å². The number of nitrogens with one attached hydrogen (secondary N) is 1. The number of carbonyl (C=O) groups is 2. The van der Waals surface area contributed by atoms with Crippen LogP contribution in [0.25, 0.3) is 0 Å². The molecule has 1 atom stereocenters. The smallest absolute Gasteiger partial charge is 0.265 e. The summed E-state index contributed by atoms with van der Waals surface area (Å²) < 4.78 is 11.0. The second-order valence-electron chi connectivity index (χ2n) is 5.99. The number of carbonyl (C=O) groups excluding carboxylic acids is 2. The Morgan fingerprint density at radius 2 is 1.76 bits per heavy atom. The molecule has 0 radical (unpaired) electrons. The standard InChI is InChI=1S/C20H23NO4/c1-12-6-7-13(2)17(10-12)21-20(23)15(4)25-18-9-8-16(14(3)22)11-19(18)24-5/h6-11,15H,1-5H3,(H,21,23)/t15-/m1/s1. The van der Waals surface area contributed by atoms with Crippen LogP contribution in [0, 0.1) is 13.8 Å². The van der Waals surface area contributed by atoms with Crippen LogP contribution >= 0.6 is 0 Å². The summed E-state index contributed by atoms with van der Waals surface area (Å²) in [4.78, 5) is 23.9. The Labute approximate surface area is 148 Å². The normalized spacial score (nSPS) is 11.6. The number of methoxy groups -OCH3 is 1. The molecule has 2 aromatic rings. The van der Waals surface area contributed by atoms with Crippen molar-refractivity contribution in [1.29, 1.82) is 0 Å². The van der Waals surface area contributed by atoms with Gasteiger partial charge in [0, 0.05) is 11.3 Å². The first-order chi connectivity index (χ1) is 11.8. The van der Waals surface area contributed by atoms with Crippen LogP contribution in [-0.2, 0) is 4.79 Å². The van der Waals surface area contributed by atoms with Crippen LogP contribution in [-0.4, -0.2) is 24.9 Å². The molecule has 0 saturated carbocycles. The number of hydrogen-bond acceptors (Lipinski definition) is 4. The molecule has 0 spiro atoms. The van der Waals surface area contributed by atoms with E-state index in [1.165, 1.54) is 14.0 Å². The summed E-state index contributed by atoms with van der Waals surface area (Å²) >= 11 is 0. The monoisotopic (exact) mass is 341 g/mol. The molecule has 0 fully saturated rings. The Morgan fingerprint density at radius 1 is 1.04 bits per heavy atom. The molecule has 0 aromatic heterocycles. The average Bonchev–Trinajstić information content (AvgIpc) is 2.58. The summed E-state index contributed by atoms with van der Waals surface area (Å²) in [5.41, 5.74) is 3.33. The summed E-state index contributed by atoms with van der Waals surface area (Å²) in [5, 5.41) is 2.88. The van der Waals surface area contributed by atoms with Gasteiger partial charge in [0.2, 0.25) is 0 Å². The fraction of sp³-hybridized carbons (Fsp3) is 0.300. The van der Waals surface area contributed by atoms with Gasteiger partial charge in [0.1, 0.15) is 0 Å². The quantitative estimate of drug-likeness (QED) is 0.809. The molecule has 2 rings (SSSR count). The van der Waals surface area contributed by atoms with Crippen LogP contribution in [0.5, 0.6) is 11.5 Å². The highest BCUT2D eigenvalue weighted by atomic mass is 16.5. The van der Waals surface area contributed by atoms with Gasteiger partial charge in [0.25, 0.3) is 5.91 Å². The van der Waals surface area contributed by atoms with Crippen molar-refractivity contribution < 1.29 is 19.1 Å². The third-order valence-electron chi connectivity index (χ3n) is 3.89. The zero-order chi connectivity index (χ0) is 18.6. The number of rotatable bonds is 6. The van der Waals surface area contributed by atoms with Crippen LogP contribution in [0.4, 0.5) is 5.69 Å². The summed E-state index contributed by atoms with van der Waals surface area (Å²) in [7, 11) is 1.49. The van der Waals surface area contributed by atoms with Crippen molar-refractivity contribution in [2.45, 2.75) is 33.8 Å². The topological polar surface area (TPSA) is 64.6 Å². The molecule has 25 heavy (non-hydrogen) atoms. The Bertz CT molecular complexity index is 798. The predicted octanol–water partition coefficient (Wildman–Crippen LogP) is 3.92. The number of aryl methyl sites for hydroxylation is 2. The summed E-state index contributed by atoms with van der Waals surface area (Å²) in [6.07, 6.45) is -0.725. The van der Waals surface area contributed by atoms with Gasteiger partial charge in [0.05, 0.1) is 7.11 Å². The second-order valence-corrected chi connectivity index (χ2v) is 5.99. The molecule has 132 valence electrons. The van der Waals surface area contributed by atoms with E-state index in [1.54, 1.807) is 25.1 Å². The lowest BCUT2D eigenvalue weighted by Gasteiger charge is -2.18. The molecule has 0 aliphatic heterocycles. The number of anilines is 1. The molecule has 0 unspecified atom stereocenters. The Kier molecular flexibility index (Phi) is 5.80. The number of ether oxygens (including phenoxy) is 2. The number of Topliss-reactive ketones (excluding diaryl/α,β-unsaturated/α-hetero) is 1. The molecular formula is C20H23NO4. The first kappa shape index (κ1) is 18.5. The Morgan fingerprint density at radius 3 is 2.40 bits per heavy atom. The van der Waals surface area contributed by atoms with Crippen molar-refractivity contribution in [1.82, 2.24) is 0 Å². The second kappa shape index (κ2) is 7.83. The fourth-order valence-corrected chi connectivity index (χ4v) is 2.33. The van der Waals surface area contributed by atoms with Gasteiger partial charge in [0.15, 0.2) is 23.4 Å². The van der Waals surface area contributed by atoms with E-state index in [4.69, 9.17) is 9.47 Å². The minimum atomic E-state index is -0.725. The molecule has 0 bridgehead atoms. The van der Waals surface area contributed by atoms with E-state index >= 15 is 0 Å². The Balaban J connectivity index is 2.13. The zero-order valence-electron chi connectivity index (χ0n) is 15.2. The van der Waals surface area contributed by atoms with Gasteiger partial charge >= 0.3 is 0 Å². The van der Waals surface area contributed by atoms with Crippen molar-refractivity contribution in [2.24, 2.45) is 0 Å². The number of benzene rings is 2. The van der Waals surface area contributed by atoms with E-state index in [9.17, 15) is 9.59 Å². The van der Waals surface area contributed by atoms with Crippen LogP contribution in [0.2, 0.25) is 0 Å². The van der Waals surface area contributed by atoms with Gasteiger partial charge < -0.3 is 14.8 Å². The number of ketones is 1. The lowest BCUT2D eigenvalue weighted by Crippen LogP contribution is -2.30. The highest BCUT2D eigenvalue weighted by Crippen LogP contribution is 2.29. The number of hydrogen-bond donors (Lipinski definition) is 1. The molecule has 1 amide bonds. The largest absolute Gasteiger partial charge is 0.493 e. The maximum absolute atomic E-state index is 12.4. The molecule has 0 aliphatic rings. The first-order valence-corrected chi connectivity index (χ1v) is 8.05. The maximum Gasteiger partial charge on any atom is 0.265 e. The fourth-order valence-electron chi connectivity index (χ4n) is 2.33. The Hall–Kier alpha value is -2.82. The van der Waals surface area contributed by atoms with E-state index in [-0.39, 0.29) is 11.7 Å². The van der Waals surface area contributed by atoms with Crippen molar-refractivity contribution in [3.63, 3.8) is 0 Å². The van der Waals surface area contributed by atoms with E-state index in [0.717, 1.165) is 16.8 Å². The van der Waals surface area contributed by atoms with Crippen LogP contribution in [0.15, 0.2) is 36.4 Å². The maximum atomic E-state index is 12.4. The van der Waals surface area contributed by atoms with E-state index in [1.807, 2.05) is 32.0 Å². The van der Waals surface area contributed by atoms with Gasteiger partial charge in [-0.25, -0.2) is 0 Å². The molecule has 0 heterocycles. The molecule has 0 saturated heterocycles. The van der Waals surface area contributed by atoms with Crippen molar-refractivity contribution in [3.05, 3.63) is 53.1 Å². The molecule has 1 N–H and O–H groups in total. The third kappa shape index (κ3) is 4.59. The first-order valence-electron chi connectivity index (χ1n) is 8.05. The summed E-state index contributed by atoms with van der Waals surface area (Å²) in [5.74, 6) is 0.507. The predicted molar refractivity (Wildman–Crippen MR) is 97.6 cm³/mol. The minimum Gasteiger partial charge on any atom is -0.493 e. The summed E-state index contributed by atoms with van der Waals surface area (Å²) in [6.45, 7) is 7.05. The molecule has 2 aromatic carbocycles. The van der Waals surface area contributed by atoms with Crippen LogP contribution in [0.1, 0.15) is 35.3 Å². The highest BCUT2D eigenvalue weighted by molar-refractivity contribution is 5.95. The van der Waals surface area contributed by atoms with Crippen LogP contribution in [0.3, 0.4) is 0 Å². The van der Waals surface area contributed by atoms with Gasteiger partial charge in [-0.05, 0) is 63.1 Å². The van der Waals surface area contributed by atoms with Crippen LogP contribution < -0.4 is 14.8 Å². The SMILES string of the molecule is COc1cc(C(C)=O)ccc1O[C@H](C)C(=O)Nc1cc(C)ccc1C. The third-order valence-corrected chi connectivity index (χ3v) is 3.89.